The Bertz CT molecular complexity index is 540. The van der Waals surface area contributed by atoms with Crippen molar-refractivity contribution in [3.05, 3.63) is 29.8 Å². The van der Waals surface area contributed by atoms with Crippen LogP contribution in [-0.2, 0) is 4.79 Å². The Hall–Kier alpha value is -2.62. The van der Waals surface area contributed by atoms with Gasteiger partial charge in [0.1, 0.15) is 6.54 Å². The molecule has 0 spiro atoms. The van der Waals surface area contributed by atoms with E-state index in [0.717, 1.165) is 23.1 Å². The van der Waals surface area contributed by atoms with E-state index in [1.54, 1.807) is 0 Å². The van der Waals surface area contributed by atoms with Crippen LogP contribution in [0.15, 0.2) is 18.2 Å². The van der Waals surface area contributed by atoms with E-state index in [2.05, 4.69) is 11.2 Å². The maximum Gasteiger partial charge on any atom is 0.323 e. The summed E-state index contributed by atoms with van der Waals surface area (Å²) >= 11 is 0. The van der Waals surface area contributed by atoms with Crippen molar-refractivity contribution in [2.24, 2.45) is 0 Å². The van der Waals surface area contributed by atoms with E-state index in [9.17, 15) is 18.4 Å². The largest absolute Gasteiger partial charge is 0.480 e. The number of carboxylic acids is 1. The van der Waals surface area contributed by atoms with Crippen molar-refractivity contribution < 1.29 is 23.5 Å². The van der Waals surface area contributed by atoms with Gasteiger partial charge in [0.15, 0.2) is 11.6 Å². The van der Waals surface area contributed by atoms with Crippen LogP contribution in [-0.4, -0.2) is 35.1 Å². The fourth-order valence-corrected chi connectivity index (χ4v) is 1.25. The lowest BCUT2D eigenvalue weighted by Crippen LogP contribution is -2.39. The Kier molecular flexibility index (Phi) is 4.83. The second-order valence-electron chi connectivity index (χ2n) is 3.51. The molecular formula is C12H10F2N2O3. The van der Waals surface area contributed by atoms with E-state index in [4.69, 9.17) is 11.5 Å². The number of nitrogens with one attached hydrogen (secondary N) is 1. The molecule has 1 aromatic carbocycles. The number of benzene rings is 1. The Morgan fingerprint density at radius 3 is 2.58 bits per heavy atom. The number of carbonyl (C=O) groups is 2. The number of carbonyl (C=O) groups excluding carboxylic acids is 1. The highest BCUT2D eigenvalue weighted by molar-refractivity contribution is 5.91. The van der Waals surface area contributed by atoms with Crippen molar-refractivity contribution in [1.82, 2.24) is 4.90 Å². The average Bonchev–Trinajstić information content (AvgIpc) is 2.33. The molecule has 0 unspecified atom stereocenters. The second kappa shape index (κ2) is 6.35. The van der Waals surface area contributed by atoms with Gasteiger partial charge in [-0.3, -0.25) is 4.79 Å². The maximum absolute atomic E-state index is 12.9. The fraction of sp³-hybridized carbons (Fsp3) is 0.167. The van der Waals surface area contributed by atoms with Gasteiger partial charge in [-0.15, -0.1) is 6.42 Å². The minimum absolute atomic E-state index is 0.00342. The van der Waals surface area contributed by atoms with Crippen LogP contribution >= 0.6 is 0 Å². The van der Waals surface area contributed by atoms with Crippen molar-refractivity contribution in [3.63, 3.8) is 0 Å². The molecule has 19 heavy (non-hydrogen) atoms. The molecule has 7 heteroatoms. The van der Waals surface area contributed by atoms with Crippen LogP contribution in [0.1, 0.15) is 0 Å². The minimum atomic E-state index is -1.24. The van der Waals surface area contributed by atoms with Crippen molar-refractivity contribution in [1.29, 1.82) is 0 Å². The summed E-state index contributed by atoms with van der Waals surface area (Å²) in [5.74, 6) is -1.29. The molecule has 0 heterocycles. The van der Waals surface area contributed by atoms with Crippen LogP contribution in [0.2, 0.25) is 0 Å². The molecule has 0 saturated carbocycles. The predicted molar refractivity (Wildman–Crippen MR) is 63.4 cm³/mol. The second-order valence-corrected chi connectivity index (χ2v) is 3.51. The van der Waals surface area contributed by atoms with Gasteiger partial charge in [0.05, 0.1) is 6.54 Å². The Balaban J connectivity index is 2.78. The van der Waals surface area contributed by atoms with Crippen LogP contribution in [0.3, 0.4) is 0 Å². The number of rotatable bonds is 4. The number of terminal acetylenes is 1. The molecule has 0 fully saturated rings. The normalized spacial score (nSPS) is 9.53. The molecule has 0 aliphatic carbocycles. The molecule has 2 N–H and O–H groups in total. The summed E-state index contributed by atoms with van der Waals surface area (Å²) in [6, 6.07) is 1.95. The Morgan fingerprint density at radius 2 is 2.05 bits per heavy atom. The Morgan fingerprint density at radius 1 is 1.37 bits per heavy atom. The van der Waals surface area contributed by atoms with Gasteiger partial charge in [-0.1, -0.05) is 5.92 Å². The lowest BCUT2D eigenvalue weighted by atomic mass is 10.3. The van der Waals surface area contributed by atoms with Crippen LogP contribution < -0.4 is 5.32 Å². The molecule has 0 aromatic heterocycles. The zero-order valence-electron chi connectivity index (χ0n) is 9.69. The molecule has 1 aromatic rings. The molecule has 0 bridgehead atoms. The van der Waals surface area contributed by atoms with Crippen molar-refractivity contribution in [3.8, 4) is 12.3 Å². The number of hydrogen-bond donors (Lipinski definition) is 2. The molecule has 0 aliphatic rings. The van der Waals surface area contributed by atoms with Crippen molar-refractivity contribution >= 4 is 17.7 Å². The smallest absolute Gasteiger partial charge is 0.323 e. The molecule has 0 aliphatic heterocycles. The third-order valence-electron chi connectivity index (χ3n) is 2.07. The van der Waals surface area contributed by atoms with Gasteiger partial charge in [-0.25, -0.2) is 13.6 Å². The predicted octanol–water partition coefficient (Wildman–Crippen LogP) is 1.52. The topological polar surface area (TPSA) is 69.6 Å². The number of halogens is 2. The molecule has 2 amide bonds. The lowest BCUT2D eigenvalue weighted by Gasteiger charge is -2.18. The van der Waals surface area contributed by atoms with Gasteiger partial charge in [0, 0.05) is 11.8 Å². The Labute approximate surface area is 107 Å². The number of hydrogen-bond acceptors (Lipinski definition) is 2. The number of carboxylic acid groups (broad SMARTS) is 1. The number of nitrogens with zero attached hydrogens (tertiary/aromatic N) is 1. The number of amides is 2. The summed E-state index contributed by atoms with van der Waals surface area (Å²) in [7, 11) is 0. The summed E-state index contributed by atoms with van der Waals surface area (Å²) in [6.45, 7) is -0.818. The van der Waals surface area contributed by atoms with Gasteiger partial charge in [0.25, 0.3) is 0 Å². The fourth-order valence-electron chi connectivity index (χ4n) is 1.25. The highest BCUT2D eigenvalue weighted by Gasteiger charge is 2.16. The molecule has 5 nitrogen and oxygen atoms in total. The van der Waals surface area contributed by atoms with Gasteiger partial charge in [0.2, 0.25) is 0 Å². The third kappa shape index (κ3) is 4.27. The van der Waals surface area contributed by atoms with Crippen LogP contribution in [0.25, 0.3) is 0 Å². The number of urea groups is 1. The quantitative estimate of drug-likeness (QED) is 0.813. The first-order chi connectivity index (χ1) is 8.93. The van der Waals surface area contributed by atoms with Crippen molar-refractivity contribution in [2.45, 2.75) is 0 Å². The monoisotopic (exact) mass is 268 g/mol. The first-order valence-electron chi connectivity index (χ1n) is 5.10. The first kappa shape index (κ1) is 14.4. The van der Waals surface area contributed by atoms with Gasteiger partial charge in [-0.2, -0.15) is 0 Å². The summed E-state index contributed by atoms with van der Waals surface area (Å²) in [5, 5.41) is 10.8. The van der Waals surface area contributed by atoms with E-state index < -0.39 is 30.2 Å². The van der Waals surface area contributed by atoms with Crippen LogP contribution in [0.5, 0.6) is 0 Å². The number of anilines is 1. The summed E-state index contributed by atoms with van der Waals surface area (Å²) in [4.78, 5) is 23.1. The number of aliphatic carboxylic acids is 1. The third-order valence-corrected chi connectivity index (χ3v) is 2.07. The average molecular weight is 268 g/mol. The molecule has 1 rings (SSSR count). The minimum Gasteiger partial charge on any atom is -0.480 e. The lowest BCUT2D eigenvalue weighted by molar-refractivity contribution is -0.137. The zero-order chi connectivity index (χ0) is 14.4. The zero-order valence-corrected chi connectivity index (χ0v) is 9.69. The van der Waals surface area contributed by atoms with E-state index in [-0.39, 0.29) is 12.2 Å². The van der Waals surface area contributed by atoms with Crippen LogP contribution in [0, 0.1) is 24.0 Å². The summed E-state index contributed by atoms with van der Waals surface area (Å²) in [5.41, 5.74) is -0.00342. The van der Waals surface area contributed by atoms with Crippen LogP contribution in [0.4, 0.5) is 19.3 Å². The van der Waals surface area contributed by atoms with Gasteiger partial charge < -0.3 is 15.3 Å². The first-order valence-corrected chi connectivity index (χ1v) is 5.10. The van der Waals surface area contributed by atoms with E-state index in [1.807, 2.05) is 0 Å². The molecule has 100 valence electrons. The standard InChI is InChI=1S/C12H10F2N2O3/c1-2-5-16(7-11(17)18)12(19)15-8-3-4-9(13)10(14)6-8/h1,3-4,6H,5,7H2,(H,15,19)(H,17,18). The molecular weight excluding hydrogens is 258 g/mol. The highest BCUT2D eigenvalue weighted by atomic mass is 19.2. The SMILES string of the molecule is C#CCN(CC(=O)O)C(=O)Nc1ccc(F)c(F)c1. The van der Waals surface area contributed by atoms with E-state index in [1.165, 1.54) is 0 Å². The van der Waals surface area contributed by atoms with E-state index in [0.29, 0.717) is 0 Å². The van der Waals surface area contributed by atoms with E-state index >= 15 is 0 Å². The van der Waals surface area contributed by atoms with Gasteiger partial charge >= 0.3 is 12.0 Å². The molecule has 0 saturated heterocycles. The summed E-state index contributed by atoms with van der Waals surface area (Å²) < 4.78 is 25.6. The van der Waals surface area contributed by atoms with Gasteiger partial charge in [-0.05, 0) is 12.1 Å². The molecule has 0 radical (unpaired) electrons. The molecule has 0 atom stereocenters. The highest BCUT2D eigenvalue weighted by Crippen LogP contribution is 2.13. The summed E-state index contributed by atoms with van der Waals surface area (Å²) in [6.07, 6.45) is 5.01. The van der Waals surface area contributed by atoms with Crippen molar-refractivity contribution in [2.75, 3.05) is 18.4 Å². The maximum atomic E-state index is 12.9.